The average Bonchev–Trinajstić information content (AvgIpc) is 3.13. The van der Waals surface area contributed by atoms with E-state index in [-0.39, 0.29) is 0 Å². The largest absolute Gasteiger partial charge is 0.382 e. The smallest absolute Gasteiger partial charge is 0.0374 e. The summed E-state index contributed by atoms with van der Waals surface area (Å²) in [5, 5.41) is 3.81. The molecule has 0 bridgehead atoms. The molecule has 1 heteroatoms. The van der Waals surface area contributed by atoms with Crippen molar-refractivity contribution in [2.75, 3.05) is 5.32 Å². The van der Waals surface area contributed by atoms with E-state index in [1.807, 2.05) is 0 Å². The molecule has 2 fully saturated rings. The molecule has 1 aromatic rings. The minimum atomic E-state index is 0.764. The standard InChI is InChI=1S/C15H21N/c1-10-3-4-11(2)14(9-10)16-15(12-5-6-12)13-7-8-13/h3-4,9,12-13,15-16H,5-8H2,1-2H3. The Kier molecular flexibility index (Phi) is 2.42. The van der Waals surface area contributed by atoms with Crippen LogP contribution in [0.25, 0.3) is 0 Å². The van der Waals surface area contributed by atoms with Crippen LogP contribution in [0.1, 0.15) is 36.8 Å². The molecule has 0 radical (unpaired) electrons. The van der Waals surface area contributed by atoms with Crippen LogP contribution in [0.3, 0.4) is 0 Å². The molecule has 0 atom stereocenters. The van der Waals surface area contributed by atoms with E-state index in [1.54, 1.807) is 0 Å². The van der Waals surface area contributed by atoms with E-state index in [4.69, 9.17) is 0 Å². The van der Waals surface area contributed by atoms with Crippen molar-refractivity contribution in [2.45, 2.75) is 45.6 Å². The average molecular weight is 215 g/mol. The first-order valence-electron chi connectivity index (χ1n) is 6.58. The molecule has 1 aromatic carbocycles. The Morgan fingerprint density at radius 1 is 1.06 bits per heavy atom. The molecule has 2 aliphatic carbocycles. The number of hydrogen-bond donors (Lipinski definition) is 1. The fraction of sp³-hybridized carbons (Fsp3) is 0.600. The maximum Gasteiger partial charge on any atom is 0.0374 e. The van der Waals surface area contributed by atoms with Crippen LogP contribution in [-0.2, 0) is 0 Å². The number of anilines is 1. The first-order valence-corrected chi connectivity index (χ1v) is 6.58. The molecule has 2 saturated carbocycles. The van der Waals surface area contributed by atoms with Crippen LogP contribution in [-0.4, -0.2) is 6.04 Å². The molecule has 0 heterocycles. The van der Waals surface area contributed by atoms with Gasteiger partial charge in [-0.15, -0.1) is 0 Å². The van der Waals surface area contributed by atoms with Gasteiger partial charge in [0.15, 0.2) is 0 Å². The van der Waals surface area contributed by atoms with Gasteiger partial charge < -0.3 is 5.32 Å². The Balaban J connectivity index is 1.78. The van der Waals surface area contributed by atoms with Gasteiger partial charge in [0.1, 0.15) is 0 Å². The van der Waals surface area contributed by atoms with Crippen molar-refractivity contribution >= 4 is 5.69 Å². The minimum Gasteiger partial charge on any atom is -0.382 e. The van der Waals surface area contributed by atoms with E-state index in [0.717, 1.165) is 17.9 Å². The van der Waals surface area contributed by atoms with Gasteiger partial charge in [0.05, 0.1) is 0 Å². The van der Waals surface area contributed by atoms with E-state index in [1.165, 1.54) is 42.5 Å². The van der Waals surface area contributed by atoms with E-state index in [9.17, 15) is 0 Å². The number of benzene rings is 1. The van der Waals surface area contributed by atoms with Crippen molar-refractivity contribution in [3.8, 4) is 0 Å². The van der Waals surface area contributed by atoms with Crippen molar-refractivity contribution in [1.29, 1.82) is 0 Å². The van der Waals surface area contributed by atoms with Gasteiger partial charge in [-0.25, -0.2) is 0 Å². The quantitative estimate of drug-likeness (QED) is 0.803. The van der Waals surface area contributed by atoms with Crippen LogP contribution in [0.5, 0.6) is 0 Å². The summed E-state index contributed by atoms with van der Waals surface area (Å²) < 4.78 is 0. The van der Waals surface area contributed by atoms with Crippen molar-refractivity contribution in [2.24, 2.45) is 11.8 Å². The predicted octanol–water partition coefficient (Wildman–Crippen LogP) is 3.90. The van der Waals surface area contributed by atoms with Crippen molar-refractivity contribution in [3.63, 3.8) is 0 Å². The Hall–Kier alpha value is -0.980. The Morgan fingerprint density at radius 2 is 1.69 bits per heavy atom. The Morgan fingerprint density at radius 3 is 2.25 bits per heavy atom. The normalized spacial score (nSPS) is 20.2. The second-order valence-electron chi connectivity index (χ2n) is 5.66. The van der Waals surface area contributed by atoms with E-state index in [2.05, 4.69) is 37.4 Å². The molecule has 2 aliphatic rings. The number of aryl methyl sites for hydroxylation is 2. The van der Waals surface area contributed by atoms with Gasteiger partial charge in [-0.1, -0.05) is 12.1 Å². The zero-order valence-electron chi connectivity index (χ0n) is 10.3. The number of rotatable bonds is 4. The zero-order valence-corrected chi connectivity index (χ0v) is 10.3. The van der Waals surface area contributed by atoms with Gasteiger partial charge in [-0.05, 0) is 68.6 Å². The molecule has 3 rings (SSSR count). The van der Waals surface area contributed by atoms with Crippen LogP contribution in [0.4, 0.5) is 5.69 Å². The highest BCUT2D eigenvalue weighted by atomic mass is 15.0. The molecule has 0 amide bonds. The summed E-state index contributed by atoms with van der Waals surface area (Å²) in [5.41, 5.74) is 4.11. The van der Waals surface area contributed by atoms with Gasteiger partial charge in [-0.3, -0.25) is 0 Å². The molecule has 1 N–H and O–H groups in total. The molecule has 0 saturated heterocycles. The zero-order chi connectivity index (χ0) is 11.1. The monoisotopic (exact) mass is 215 g/mol. The summed E-state index contributed by atoms with van der Waals surface area (Å²) in [4.78, 5) is 0. The van der Waals surface area contributed by atoms with Crippen molar-refractivity contribution in [3.05, 3.63) is 29.3 Å². The lowest BCUT2D eigenvalue weighted by atomic mass is 10.0. The summed E-state index contributed by atoms with van der Waals surface area (Å²) in [7, 11) is 0. The SMILES string of the molecule is Cc1ccc(C)c(NC(C2CC2)C2CC2)c1. The lowest BCUT2D eigenvalue weighted by Gasteiger charge is -2.21. The molecule has 0 spiro atoms. The maximum absolute atomic E-state index is 3.81. The molecule has 0 aromatic heterocycles. The lowest BCUT2D eigenvalue weighted by Crippen LogP contribution is -2.24. The van der Waals surface area contributed by atoms with Crippen LogP contribution < -0.4 is 5.32 Å². The third kappa shape index (κ3) is 2.09. The summed E-state index contributed by atoms with van der Waals surface area (Å²) in [5.74, 6) is 1.93. The molecule has 0 unspecified atom stereocenters. The molecule has 0 aliphatic heterocycles. The van der Waals surface area contributed by atoms with E-state index in [0.29, 0.717) is 0 Å². The van der Waals surface area contributed by atoms with Gasteiger partial charge in [0, 0.05) is 11.7 Å². The fourth-order valence-corrected chi connectivity index (χ4v) is 2.60. The molecular weight excluding hydrogens is 194 g/mol. The summed E-state index contributed by atoms with van der Waals surface area (Å²) in [6.45, 7) is 4.38. The van der Waals surface area contributed by atoms with Crippen molar-refractivity contribution in [1.82, 2.24) is 0 Å². The maximum atomic E-state index is 3.81. The molecule has 1 nitrogen and oxygen atoms in total. The second-order valence-corrected chi connectivity index (χ2v) is 5.66. The molecule has 86 valence electrons. The number of hydrogen-bond acceptors (Lipinski definition) is 1. The van der Waals surface area contributed by atoms with Crippen LogP contribution >= 0.6 is 0 Å². The van der Waals surface area contributed by atoms with Crippen LogP contribution in [0.2, 0.25) is 0 Å². The highest BCUT2D eigenvalue weighted by Gasteiger charge is 2.41. The van der Waals surface area contributed by atoms with E-state index < -0.39 is 0 Å². The molecule has 16 heavy (non-hydrogen) atoms. The van der Waals surface area contributed by atoms with Crippen molar-refractivity contribution < 1.29 is 0 Å². The molecular formula is C15H21N. The lowest BCUT2D eigenvalue weighted by molar-refractivity contribution is 0.567. The first kappa shape index (κ1) is 10.2. The Labute approximate surface area is 98.3 Å². The highest BCUT2D eigenvalue weighted by molar-refractivity contribution is 5.53. The summed E-state index contributed by atoms with van der Waals surface area (Å²) >= 11 is 0. The topological polar surface area (TPSA) is 12.0 Å². The van der Waals surface area contributed by atoms with Crippen LogP contribution in [0, 0.1) is 25.7 Å². The van der Waals surface area contributed by atoms with Gasteiger partial charge in [0.25, 0.3) is 0 Å². The third-order valence-corrected chi connectivity index (χ3v) is 3.97. The van der Waals surface area contributed by atoms with Crippen LogP contribution in [0.15, 0.2) is 18.2 Å². The van der Waals surface area contributed by atoms with Gasteiger partial charge >= 0.3 is 0 Å². The predicted molar refractivity (Wildman–Crippen MR) is 68.8 cm³/mol. The highest BCUT2D eigenvalue weighted by Crippen LogP contribution is 2.46. The fourth-order valence-electron chi connectivity index (χ4n) is 2.60. The second kappa shape index (κ2) is 3.80. The van der Waals surface area contributed by atoms with Gasteiger partial charge in [-0.2, -0.15) is 0 Å². The first-order chi connectivity index (χ1) is 7.74. The third-order valence-electron chi connectivity index (χ3n) is 3.97. The summed E-state index contributed by atoms with van der Waals surface area (Å²) in [6, 6.07) is 7.49. The summed E-state index contributed by atoms with van der Waals surface area (Å²) in [6.07, 6.45) is 5.77. The number of nitrogens with one attached hydrogen (secondary N) is 1. The minimum absolute atomic E-state index is 0.764. The van der Waals surface area contributed by atoms with E-state index >= 15 is 0 Å². The van der Waals surface area contributed by atoms with Gasteiger partial charge in [0.2, 0.25) is 0 Å². The Bertz CT molecular complexity index is 376.